The van der Waals surface area contributed by atoms with Crippen LogP contribution in [0.3, 0.4) is 0 Å². The van der Waals surface area contributed by atoms with E-state index in [4.69, 9.17) is 11.6 Å². The molecule has 0 aromatic carbocycles. The van der Waals surface area contributed by atoms with Gasteiger partial charge in [0.1, 0.15) is 0 Å². The van der Waals surface area contributed by atoms with Gasteiger partial charge in [0.05, 0.1) is 5.69 Å². The summed E-state index contributed by atoms with van der Waals surface area (Å²) in [7, 11) is -3.45. The molecule has 1 rings (SSSR count). The van der Waals surface area contributed by atoms with Gasteiger partial charge in [-0.3, -0.25) is 0 Å². The Bertz CT molecular complexity index is 486. The minimum absolute atomic E-state index is 0.225. The average Bonchev–Trinajstić information content (AvgIpc) is 2.68. The second-order valence-electron chi connectivity index (χ2n) is 4.51. The van der Waals surface area contributed by atoms with Gasteiger partial charge in [-0.25, -0.2) is 18.1 Å². The van der Waals surface area contributed by atoms with Crippen molar-refractivity contribution in [3.8, 4) is 0 Å². The summed E-state index contributed by atoms with van der Waals surface area (Å²) in [6.07, 6.45) is 6.80. The number of hydrogen-bond donors (Lipinski definition) is 1. The quantitative estimate of drug-likeness (QED) is 0.704. The van der Waals surface area contributed by atoms with Crippen LogP contribution in [0.15, 0.2) is 4.21 Å². The maximum Gasteiger partial charge on any atom is 0.251 e. The van der Waals surface area contributed by atoms with E-state index >= 15 is 0 Å². The highest BCUT2D eigenvalue weighted by molar-refractivity contribution is 7.91. The van der Waals surface area contributed by atoms with Crippen LogP contribution in [0.25, 0.3) is 0 Å². The zero-order chi connectivity index (χ0) is 14.3. The van der Waals surface area contributed by atoms with Gasteiger partial charge in [0, 0.05) is 6.54 Å². The Kier molecular flexibility index (Phi) is 7.28. The third-order valence-electron chi connectivity index (χ3n) is 2.79. The molecule has 1 heterocycles. The molecule has 0 amide bonds. The maximum atomic E-state index is 12.0. The second-order valence-corrected chi connectivity index (χ2v) is 8.05. The minimum atomic E-state index is -3.45. The predicted molar refractivity (Wildman–Crippen MR) is 80.4 cm³/mol. The Morgan fingerprint density at radius 1 is 1.21 bits per heavy atom. The molecule has 110 valence electrons. The van der Waals surface area contributed by atoms with Gasteiger partial charge in [-0.1, -0.05) is 62.0 Å². The van der Waals surface area contributed by atoms with E-state index < -0.39 is 10.0 Å². The van der Waals surface area contributed by atoms with Gasteiger partial charge < -0.3 is 0 Å². The molecule has 0 saturated heterocycles. The molecule has 1 N–H and O–H groups in total. The summed E-state index contributed by atoms with van der Waals surface area (Å²) < 4.78 is 27.1. The second kappa shape index (κ2) is 8.19. The van der Waals surface area contributed by atoms with Gasteiger partial charge in [0.25, 0.3) is 10.0 Å². The number of aryl methyl sites for hydroxylation is 1. The van der Waals surface area contributed by atoms with Crippen molar-refractivity contribution in [1.82, 2.24) is 9.71 Å². The first-order valence-corrected chi connectivity index (χ1v) is 9.27. The average molecular weight is 325 g/mol. The number of nitrogens with one attached hydrogen (secondary N) is 1. The lowest BCUT2D eigenvalue weighted by Gasteiger charge is -2.05. The zero-order valence-electron chi connectivity index (χ0n) is 11.4. The smallest absolute Gasteiger partial charge is 0.229 e. The molecule has 0 aliphatic rings. The van der Waals surface area contributed by atoms with Crippen molar-refractivity contribution < 1.29 is 8.42 Å². The number of sulfonamides is 1. The summed E-state index contributed by atoms with van der Waals surface area (Å²) in [4.78, 5) is 3.92. The third kappa shape index (κ3) is 5.77. The highest BCUT2D eigenvalue weighted by atomic mass is 35.5. The van der Waals surface area contributed by atoms with Gasteiger partial charge in [0.15, 0.2) is 8.68 Å². The Labute approximate surface area is 124 Å². The van der Waals surface area contributed by atoms with Crippen molar-refractivity contribution in [2.75, 3.05) is 6.54 Å². The summed E-state index contributed by atoms with van der Waals surface area (Å²) in [5.74, 6) is 0. The van der Waals surface area contributed by atoms with Crippen molar-refractivity contribution in [2.45, 2.75) is 56.6 Å². The first-order valence-electron chi connectivity index (χ1n) is 6.60. The van der Waals surface area contributed by atoms with E-state index in [1.54, 1.807) is 6.92 Å². The lowest BCUT2D eigenvalue weighted by atomic mass is 10.1. The van der Waals surface area contributed by atoms with E-state index in [0.717, 1.165) is 24.2 Å². The molecule has 0 unspecified atom stereocenters. The molecular formula is C12H21ClN2O2S2. The molecule has 19 heavy (non-hydrogen) atoms. The highest BCUT2D eigenvalue weighted by Gasteiger charge is 2.20. The number of rotatable bonds is 9. The van der Waals surface area contributed by atoms with Gasteiger partial charge in [-0.05, 0) is 13.3 Å². The minimum Gasteiger partial charge on any atom is -0.229 e. The Morgan fingerprint density at radius 2 is 1.84 bits per heavy atom. The SMILES string of the molecule is CCCCCCCCNS(=O)(=O)c1sc(Cl)nc1C. The van der Waals surface area contributed by atoms with E-state index in [-0.39, 0.29) is 8.68 Å². The lowest BCUT2D eigenvalue weighted by Crippen LogP contribution is -2.24. The summed E-state index contributed by atoms with van der Waals surface area (Å²) >= 11 is 6.72. The van der Waals surface area contributed by atoms with Gasteiger partial charge in [-0.2, -0.15) is 0 Å². The lowest BCUT2D eigenvalue weighted by molar-refractivity contribution is 0.568. The van der Waals surface area contributed by atoms with Crippen LogP contribution in [0.2, 0.25) is 4.47 Å². The monoisotopic (exact) mass is 324 g/mol. The molecule has 4 nitrogen and oxygen atoms in total. The number of thiazole rings is 1. The van der Waals surface area contributed by atoms with Crippen LogP contribution in [0.5, 0.6) is 0 Å². The zero-order valence-corrected chi connectivity index (χ0v) is 13.8. The van der Waals surface area contributed by atoms with Gasteiger partial charge in [0.2, 0.25) is 0 Å². The third-order valence-corrected chi connectivity index (χ3v) is 6.13. The van der Waals surface area contributed by atoms with Crippen LogP contribution in [-0.4, -0.2) is 19.9 Å². The van der Waals surface area contributed by atoms with Crippen molar-refractivity contribution in [3.63, 3.8) is 0 Å². The maximum absolute atomic E-state index is 12.0. The number of hydrogen-bond acceptors (Lipinski definition) is 4. The van der Waals surface area contributed by atoms with Crippen molar-refractivity contribution in [2.24, 2.45) is 0 Å². The first kappa shape index (κ1) is 16.9. The number of aromatic nitrogens is 1. The van der Waals surface area contributed by atoms with Crippen LogP contribution < -0.4 is 4.72 Å². The summed E-state index contributed by atoms with van der Waals surface area (Å²) in [6, 6.07) is 0. The summed E-state index contributed by atoms with van der Waals surface area (Å²) in [6.45, 7) is 4.31. The van der Waals surface area contributed by atoms with Crippen LogP contribution in [0.4, 0.5) is 0 Å². The molecule has 1 aromatic rings. The number of unbranched alkanes of at least 4 members (excludes halogenated alkanes) is 5. The Balaban J connectivity index is 2.34. The van der Waals surface area contributed by atoms with E-state index in [2.05, 4.69) is 16.6 Å². The number of nitrogens with zero attached hydrogens (tertiary/aromatic N) is 1. The summed E-state index contributed by atoms with van der Waals surface area (Å²) in [5, 5.41) is 0. The molecular weight excluding hydrogens is 304 g/mol. The summed E-state index contributed by atoms with van der Waals surface area (Å²) in [5.41, 5.74) is 0.463. The van der Waals surface area contributed by atoms with Crippen LogP contribution >= 0.6 is 22.9 Å². The highest BCUT2D eigenvalue weighted by Crippen LogP contribution is 2.26. The largest absolute Gasteiger partial charge is 0.251 e. The molecule has 0 aliphatic heterocycles. The van der Waals surface area contributed by atoms with Crippen molar-refractivity contribution in [3.05, 3.63) is 10.2 Å². The van der Waals surface area contributed by atoms with Crippen molar-refractivity contribution >= 4 is 33.0 Å². The van der Waals surface area contributed by atoms with E-state index in [0.29, 0.717) is 12.2 Å². The fourth-order valence-electron chi connectivity index (χ4n) is 1.78. The number of halogens is 1. The molecule has 0 radical (unpaired) electrons. The Morgan fingerprint density at radius 3 is 2.42 bits per heavy atom. The molecule has 0 saturated carbocycles. The molecule has 0 bridgehead atoms. The van der Waals surface area contributed by atoms with E-state index in [1.165, 1.54) is 25.7 Å². The van der Waals surface area contributed by atoms with Crippen LogP contribution in [0.1, 0.15) is 51.1 Å². The van der Waals surface area contributed by atoms with Gasteiger partial charge >= 0.3 is 0 Å². The molecule has 0 fully saturated rings. The van der Waals surface area contributed by atoms with Crippen LogP contribution in [0, 0.1) is 6.92 Å². The molecule has 7 heteroatoms. The first-order chi connectivity index (χ1) is 8.97. The molecule has 1 aromatic heterocycles. The topological polar surface area (TPSA) is 59.1 Å². The fourth-order valence-corrected chi connectivity index (χ4v) is 4.63. The van der Waals surface area contributed by atoms with E-state index in [1.807, 2.05) is 0 Å². The van der Waals surface area contributed by atoms with Gasteiger partial charge in [-0.15, -0.1) is 0 Å². The fraction of sp³-hybridized carbons (Fsp3) is 0.750. The normalized spacial score (nSPS) is 11.9. The molecule has 0 aliphatic carbocycles. The molecule has 0 atom stereocenters. The predicted octanol–water partition coefficient (Wildman–Crippen LogP) is 3.74. The van der Waals surface area contributed by atoms with Crippen LogP contribution in [-0.2, 0) is 10.0 Å². The standard InChI is InChI=1S/C12H21ClN2O2S2/c1-3-4-5-6-7-8-9-14-19(16,17)11-10(2)15-12(13)18-11/h14H,3-9H2,1-2H3. The Hall–Kier alpha value is -0.170. The van der Waals surface area contributed by atoms with E-state index in [9.17, 15) is 8.42 Å². The van der Waals surface area contributed by atoms with Crippen molar-refractivity contribution in [1.29, 1.82) is 0 Å². The molecule has 0 spiro atoms.